The second-order valence-electron chi connectivity index (χ2n) is 3.43. The summed E-state index contributed by atoms with van der Waals surface area (Å²) in [5.41, 5.74) is 3.48. The number of anilines is 2. The van der Waals surface area contributed by atoms with Crippen LogP contribution in [0.25, 0.3) is 0 Å². The molecule has 0 aromatic heterocycles. The summed E-state index contributed by atoms with van der Waals surface area (Å²) in [4.78, 5) is 6.03. The first-order valence-corrected chi connectivity index (χ1v) is 5.37. The van der Waals surface area contributed by atoms with Gasteiger partial charge in [-0.1, -0.05) is 0 Å². The van der Waals surface area contributed by atoms with Crippen LogP contribution in [0.2, 0.25) is 0 Å². The highest BCUT2D eigenvalue weighted by atomic mass is 35.5. The standard InChI is InChI=1S/C9H11ClFN5O2/c1-12-16-8(18-11)4-2-3-5-6(7(4)17)14-9(13-5)15-10/h2-3,9,12-15,17H,1H3/b16-8-. The van der Waals surface area contributed by atoms with E-state index in [-0.39, 0.29) is 17.2 Å². The fourth-order valence-corrected chi connectivity index (χ4v) is 1.75. The van der Waals surface area contributed by atoms with Gasteiger partial charge in [-0.2, -0.15) is 4.84 Å². The average molecular weight is 276 g/mol. The lowest BCUT2D eigenvalue weighted by Gasteiger charge is -2.08. The molecule has 18 heavy (non-hydrogen) atoms. The smallest absolute Gasteiger partial charge is 0.290 e. The van der Waals surface area contributed by atoms with E-state index in [1.54, 1.807) is 6.07 Å². The van der Waals surface area contributed by atoms with Gasteiger partial charge in [-0.05, 0) is 23.9 Å². The van der Waals surface area contributed by atoms with Gasteiger partial charge in [0.05, 0.1) is 11.3 Å². The van der Waals surface area contributed by atoms with E-state index in [1.165, 1.54) is 13.1 Å². The number of hydrogen-bond acceptors (Lipinski definition) is 7. The van der Waals surface area contributed by atoms with Crippen molar-refractivity contribution in [1.29, 1.82) is 0 Å². The lowest BCUT2D eigenvalue weighted by Crippen LogP contribution is -2.32. The minimum atomic E-state index is -0.432. The Bertz CT molecular complexity index is 484. The van der Waals surface area contributed by atoms with Crippen molar-refractivity contribution >= 4 is 29.0 Å². The zero-order valence-electron chi connectivity index (χ0n) is 9.29. The summed E-state index contributed by atoms with van der Waals surface area (Å²) in [6.07, 6.45) is -0.432. The molecule has 0 saturated carbocycles. The first-order chi connectivity index (χ1) is 8.71. The van der Waals surface area contributed by atoms with E-state index < -0.39 is 6.29 Å². The molecule has 1 unspecified atom stereocenters. The Labute approximate surface area is 107 Å². The molecule has 1 aromatic carbocycles. The summed E-state index contributed by atoms with van der Waals surface area (Å²) in [5, 5.41) is 19.4. The highest BCUT2D eigenvalue weighted by Gasteiger charge is 2.25. The summed E-state index contributed by atoms with van der Waals surface area (Å²) in [7, 11) is 1.48. The number of hydrogen-bond donors (Lipinski definition) is 5. The Hall–Kier alpha value is -1.93. The number of phenolic OH excluding ortho intramolecular Hbond substituents is 1. The molecule has 0 amide bonds. The number of aromatic hydroxyl groups is 1. The normalized spacial score (nSPS) is 17.7. The summed E-state index contributed by atoms with van der Waals surface area (Å²) in [5.74, 6) is -0.567. The summed E-state index contributed by atoms with van der Waals surface area (Å²) in [6.45, 7) is 0. The van der Waals surface area contributed by atoms with Gasteiger partial charge in [-0.25, -0.2) is 0 Å². The van der Waals surface area contributed by atoms with Crippen molar-refractivity contribution in [1.82, 2.24) is 10.3 Å². The van der Waals surface area contributed by atoms with Gasteiger partial charge in [0, 0.05) is 11.6 Å². The molecule has 0 fully saturated rings. The van der Waals surface area contributed by atoms with Gasteiger partial charge in [0.15, 0.2) is 12.0 Å². The van der Waals surface area contributed by atoms with E-state index in [2.05, 4.69) is 30.9 Å². The Morgan fingerprint density at radius 1 is 1.56 bits per heavy atom. The highest BCUT2D eigenvalue weighted by Crippen LogP contribution is 2.39. The van der Waals surface area contributed by atoms with Crippen molar-refractivity contribution in [3.63, 3.8) is 0 Å². The third-order valence-electron chi connectivity index (χ3n) is 2.39. The molecule has 0 spiro atoms. The number of halogens is 2. The van der Waals surface area contributed by atoms with E-state index >= 15 is 0 Å². The van der Waals surface area contributed by atoms with E-state index in [1.807, 2.05) is 0 Å². The lowest BCUT2D eigenvalue weighted by atomic mass is 10.1. The molecule has 5 N–H and O–H groups in total. The number of nitrogens with zero attached hydrogens (tertiary/aromatic N) is 1. The molecule has 2 rings (SSSR count). The minimum Gasteiger partial charge on any atom is -0.505 e. The van der Waals surface area contributed by atoms with Gasteiger partial charge in [0.2, 0.25) is 0 Å². The molecule has 0 aliphatic carbocycles. The maximum Gasteiger partial charge on any atom is 0.290 e. The molecule has 1 atom stereocenters. The van der Waals surface area contributed by atoms with Crippen LogP contribution in [-0.4, -0.2) is 24.3 Å². The van der Waals surface area contributed by atoms with Crippen LogP contribution in [0.5, 0.6) is 5.75 Å². The number of rotatable bonds is 3. The number of phenols is 1. The Balaban J connectivity index is 2.40. The Kier molecular flexibility index (Phi) is 3.58. The zero-order chi connectivity index (χ0) is 13.1. The van der Waals surface area contributed by atoms with Crippen molar-refractivity contribution in [3.8, 4) is 5.75 Å². The van der Waals surface area contributed by atoms with Crippen LogP contribution in [0, 0.1) is 0 Å². The highest BCUT2D eigenvalue weighted by molar-refractivity contribution is 6.14. The molecule has 1 heterocycles. The summed E-state index contributed by atoms with van der Waals surface area (Å²) >= 11 is 5.45. The van der Waals surface area contributed by atoms with E-state index in [4.69, 9.17) is 11.8 Å². The maximum atomic E-state index is 12.4. The van der Waals surface area contributed by atoms with Crippen LogP contribution in [0.15, 0.2) is 17.2 Å². The molecular formula is C9H11ClFN5O2. The van der Waals surface area contributed by atoms with E-state index in [9.17, 15) is 9.63 Å². The first kappa shape index (κ1) is 12.5. The molecule has 98 valence electrons. The van der Waals surface area contributed by atoms with Crippen molar-refractivity contribution in [2.24, 2.45) is 5.10 Å². The Morgan fingerprint density at radius 3 is 2.94 bits per heavy atom. The largest absolute Gasteiger partial charge is 0.505 e. The maximum absolute atomic E-state index is 12.4. The third kappa shape index (κ3) is 2.07. The van der Waals surface area contributed by atoms with E-state index in [0.717, 1.165) is 0 Å². The van der Waals surface area contributed by atoms with Crippen LogP contribution in [0.1, 0.15) is 5.56 Å². The van der Waals surface area contributed by atoms with Crippen LogP contribution < -0.4 is 20.9 Å². The molecule has 1 aliphatic heterocycles. The summed E-state index contributed by atoms with van der Waals surface area (Å²) in [6, 6.07) is 3.10. The molecule has 7 nitrogen and oxygen atoms in total. The van der Waals surface area contributed by atoms with Gasteiger partial charge in [0.1, 0.15) is 5.69 Å². The second-order valence-corrected chi connectivity index (χ2v) is 3.65. The van der Waals surface area contributed by atoms with Gasteiger partial charge >= 0.3 is 0 Å². The van der Waals surface area contributed by atoms with Crippen molar-refractivity contribution in [2.75, 3.05) is 17.7 Å². The van der Waals surface area contributed by atoms with E-state index in [0.29, 0.717) is 11.4 Å². The van der Waals surface area contributed by atoms with Crippen molar-refractivity contribution < 1.29 is 14.6 Å². The SMILES string of the molecule is CN/N=C(\OF)c1ccc2c(c1O)NC(NCl)N2. The van der Waals surface area contributed by atoms with Gasteiger partial charge in [0.25, 0.3) is 5.90 Å². The second kappa shape index (κ2) is 5.15. The average Bonchev–Trinajstić information content (AvgIpc) is 2.81. The quantitative estimate of drug-likeness (QED) is 0.186. The number of benzene rings is 1. The van der Waals surface area contributed by atoms with Crippen molar-refractivity contribution in [2.45, 2.75) is 6.29 Å². The minimum absolute atomic E-state index is 0.107. The number of hydrazone groups is 1. The molecule has 1 aromatic rings. The third-order valence-corrected chi connectivity index (χ3v) is 2.61. The number of fused-ring (bicyclic) bond motifs is 1. The van der Waals surface area contributed by atoms with Gasteiger partial charge in [-0.3, -0.25) is 4.94 Å². The monoisotopic (exact) mass is 275 g/mol. The van der Waals surface area contributed by atoms with Gasteiger partial charge < -0.3 is 21.2 Å². The van der Waals surface area contributed by atoms with Crippen LogP contribution >= 0.6 is 11.8 Å². The lowest BCUT2D eigenvalue weighted by molar-refractivity contribution is -0.0235. The van der Waals surface area contributed by atoms with Crippen molar-refractivity contribution in [3.05, 3.63) is 17.7 Å². The topological polar surface area (TPSA) is 89.9 Å². The molecular weight excluding hydrogens is 265 g/mol. The zero-order valence-corrected chi connectivity index (χ0v) is 10.0. The molecule has 0 radical (unpaired) electrons. The fraction of sp³-hybridized carbons (Fsp3) is 0.222. The van der Waals surface area contributed by atoms with Gasteiger partial charge in [-0.15, -0.1) is 5.10 Å². The predicted octanol–water partition coefficient (Wildman–Crippen LogP) is 1.04. The molecule has 9 heteroatoms. The molecule has 1 aliphatic rings. The first-order valence-electron chi connectivity index (χ1n) is 4.99. The fourth-order valence-electron chi connectivity index (χ4n) is 1.64. The van der Waals surface area contributed by atoms with Crippen LogP contribution in [0.3, 0.4) is 0 Å². The summed E-state index contributed by atoms with van der Waals surface area (Å²) < 4.78 is 12.4. The number of nitrogens with one attached hydrogen (secondary N) is 4. The Morgan fingerprint density at radius 2 is 2.33 bits per heavy atom. The van der Waals surface area contributed by atoms with Crippen LogP contribution in [0.4, 0.5) is 15.9 Å². The van der Waals surface area contributed by atoms with Crippen LogP contribution in [-0.2, 0) is 4.94 Å². The molecule has 0 saturated heterocycles. The molecule has 0 bridgehead atoms. The predicted molar refractivity (Wildman–Crippen MR) is 65.9 cm³/mol.